The van der Waals surface area contributed by atoms with E-state index in [1.807, 2.05) is 54.6 Å². The Labute approximate surface area is 200 Å². The first kappa shape index (κ1) is 21.5. The maximum Gasteiger partial charge on any atom is 0.411 e. The van der Waals surface area contributed by atoms with Crippen LogP contribution in [0, 0.1) is 0 Å². The normalized spacial score (nSPS) is 18.5. The number of halogens is 1. The highest BCUT2D eigenvalue weighted by atomic mass is 79.9. The van der Waals surface area contributed by atoms with Gasteiger partial charge in [0.05, 0.1) is 26.1 Å². The third-order valence-electron chi connectivity index (χ3n) is 6.04. The molecule has 0 spiro atoms. The molecular weight excluding hydrogens is 486 g/mol. The molecule has 3 aromatic carbocycles. The summed E-state index contributed by atoms with van der Waals surface area (Å²) in [4.78, 5) is 26.1. The molecule has 0 aromatic heterocycles. The molecular formula is C26H22BrNO5. The fourth-order valence-electron chi connectivity index (χ4n) is 4.53. The Kier molecular flexibility index (Phi) is 5.81. The maximum atomic E-state index is 12.7. The second kappa shape index (κ2) is 8.90. The Hall–Kier alpha value is -3.32. The molecule has 0 N–H and O–H groups in total. The highest BCUT2D eigenvalue weighted by molar-refractivity contribution is 9.10. The van der Waals surface area contributed by atoms with Gasteiger partial charge >= 0.3 is 12.1 Å². The fraction of sp³-hybridized carbons (Fsp3) is 0.231. The summed E-state index contributed by atoms with van der Waals surface area (Å²) < 4.78 is 17.5. The minimum atomic E-state index is -0.314. The van der Waals surface area contributed by atoms with Crippen molar-refractivity contribution in [2.24, 2.45) is 0 Å². The van der Waals surface area contributed by atoms with E-state index in [9.17, 15) is 9.59 Å². The molecule has 168 valence electrons. The minimum Gasteiger partial charge on any atom is -0.469 e. The molecule has 7 heteroatoms. The van der Waals surface area contributed by atoms with E-state index in [1.165, 1.54) is 12.7 Å². The molecule has 2 aliphatic rings. The van der Waals surface area contributed by atoms with Gasteiger partial charge in [-0.2, -0.15) is 0 Å². The lowest BCUT2D eigenvalue weighted by atomic mass is 10.1. The van der Waals surface area contributed by atoms with E-state index < -0.39 is 0 Å². The standard InChI is InChI=1S/C26H22BrNO5/c1-31-24(29)12-16-5-4-7-20(11-16)32-22-10-9-19(27)13-18(22)15-28-25-21-8-3-2-6-17(21)14-23(25)33-26(28)30/h2-11,13,23,25H,12,14-15H2,1H3/t23-,25+/m0/s1. The van der Waals surface area contributed by atoms with Gasteiger partial charge in [0.1, 0.15) is 17.6 Å². The van der Waals surface area contributed by atoms with Gasteiger partial charge in [-0.15, -0.1) is 0 Å². The van der Waals surface area contributed by atoms with Crippen LogP contribution in [0.5, 0.6) is 11.5 Å². The van der Waals surface area contributed by atoms with E-state index in [4.69, 9.17) is 14.2 Å². The van der Waals surface area contributed by atoms with Crippen LogP contribution in [0.15, 0.2) is 71.2 Å². The molecule has 1 aliphatic carbocycles. The van der Waals surface area contributed by atoms with Gasteiger partial charge in [0.25, 0.3) is 0 Å². The van der Waals surface area contributed by atoms with Gasteiger partial charge < -0.3 is 14.2 Å². The molecule has 1 amide bonds. The molecule has 0 unspecified atom stereocenters. The number of ether oxygens (including phenoxy) is 3. The Morgan fingerprint density at radius 2 is 1.97 bits per heavy atom. The summed E-state index contributed by atoms with van der Waals surface area (Å²) >= 11 is 3.53. The fourth-order valence-corrected chi connectivity index (χ4v) is 4.93. The zero-order valence-electron chi connectivity index (χ0n) is 18.0. The molecule has 3 aromatic rings. The summed E-state index contributed by atoms with van der Waals surface area (Å²) in [5, 5.41) is 0. The van der Waals surface area contributed by atoms with Crippen LogP contribution in [0.2, 0.25) is 0 Å². The predicted octanol–water partition coefficient (Wildman–Crippen LogP) is 5.58. The number of carbonyl (C=O) groups excluding carboxylic acids is 2. The Morgan fingerprint density at radius 3 is 2.82 bits per heavy atom. The average molecular weight is 508 g/mol. The summed E-state index contributed by atoms with van der Waals surface area (Å²) in [5.74, 6) is 0.930. The van der Waals surface area contributed by atoms with Gasteiger partial charge in [-0.25, -0.2) is 4.79 Å². The summed E-state index contributed by atoms with van der Waals surface area (Å²) in [5.41, 5.74) is 4.01. The average Bonchev–Trinajstić information content (AvgIpc) is 3.31. The highest BCUT2D eigenvalue weighted by Crippen LogP contribution is 2.44. The molecule has 1 heterocycles. The predicted molar refractivity (Wildman–Crippen MR) is 125 cm³/mol. The zero-order chi connectivity index (χ0) is 22.9. The molecule has 5 rings (SSSR count). The van der Waals surface area contributed by atoms with Crippen molar-refractivity contribution in [2.75, 3.05) is 7.11 Å². The van der Waals surface area contributed by atoms with Crippen LogP contribution in [-0.4, -0.2) is 30.2 Å². The van der Waals surface area contributed by atoms with E-state index >= 15 is 0 Å². The lowest BCUT2D eigenvalue weighted by Crippen LogP contribution is -2.27. The van der Waals surface area contributed by atoms with Crippen LogP contribution in [0.1, 0.15) is 28.3 Å². The first-order valence-electron chi connectivity index (χ1n) is 10.7. The Bertz CT molecular complexity index is 1230. The van der Waals surface area contributed by atoms with Crippen LogP contribution in [0.25, 0.3) is 0 Å². The number of hydrogen-bond acceptors (Lipinski definition) is 5. The van der Waals surface area contributed by atoms with Crippen molar-refractivity contribution >= 4 is 28.0 Å². The van der Waals surface area contributed by atoms with Gasteiger partial charge in [0.2, 0.25) is 0 Å². The Balaban J connectivity index is 1.41. The molecule has 0 bridgehead atoms. The topological polar surface area (TPSA) is 65.1 Å². The molecule has 1 aliphatic heterocycles. The number of esters is 1. The van der Waals surface area contributed by atoms with Crippen molar-refractivity contribution in [2.45, 2.75) is 31.5 Å². The van der Waals surface area contributed by atoms with E-state index in [0.29, 0.717) is 18.0 Å². The number of nitrogens with zero attached hydrogens (tertiary/aromatic N) is 1. The van der Waals surface area contributed by atoms with Crippen LogP contribution in [0.4, 0.5) is 4.79 Å². The van der Waals surface area contributed by atoms with Crippen LogP contribution < -0.4 is 4.74 Å². The van der Waals surface area contributed by atoms with Gasteiger partial charge in [-0.3, -0.25) is 9.69 Å². The number of rotatable bonds is 6. The molecule has 0 saturated carbocycles. The third kappa shape index (κ3) is 4.33. The molecule has 0 radical (unpaired) electrons. The van der Waals surface area contributed by atoms with E-state index in [0.717, 1.165) is 27.6 Å². The SMILES string of the molecule is COC(=O)Cc1cccc(Oc2ccc(Br)cc2CN2C(=O)O[C@H]3Cc4ccccc4[C@H]32)c1. The third-order valence-corrected chi connectivity index (χ3v) is 6.53. The Morgan fingerprint density at radius 1 is 1.12 bits per heavy atom. The van der Waals surface area contributed by atoms with E-state index in [-0.39, 0.29) is 30.6 Å². The van der Waals surface area contributed by atoms with Crippen molar-refractivity contribution in [1.82, 2.24) is 4.90 Å². The van der Waals surface area contributed by atoms with Crippen LogP contribution in [-0.2, 0) is 33.7 Å². The number of amides is 1. The van der Waals surface area contributed by atoms with E-state index in [2.05, 4.69) is 28.1 Å². The maximum absolute atomic E-state index is 12.7. The summed E-state index contributed by atoms with van der Waals surface area (Å²) in [6, 6.07) is 21.1. The lowest BCUT2D eigenvalue weighted by Gasteiger charge is -2.23. The summed E-state index contributed by atoms with van der Waals surface area (Å²) in [6.07, 6.45) is 0.424. The summed E-state index contributed by atoms with van der Waals surface area (Å²) in [7, 11) is 1.37. The highest BCUT2D eigenvalue weighted by Gasteiger charge is 2.47. The van der Waals surface area contributed by atoms with Crippen molar-refractivity contribution in [3.8, 4) is 11.5 Å². The van der Waals surface area contributed by atoms with E-state index in [1.54, 1.807) is 4.90 Å². The second-order valence-corrected chi connectivity index (χ2v) is 9.07. The monoisotopic (exact) mass is 507 g/mol. The first-order valence-corrected chi connectivity index (χ1v) is 11.5. The minimum absolute atomic E-state index is 0.107. The van der Waals surface area contributed by atoms with Crippen molar-refractivity contribution in [1.29, 1.82) is 0 Å². The number of fused-ring (bicyclic) bond motifs is 3. The lowest BCUT2D eigenvalue weighted by molar-refractivity contribution is -0.139. The van der Waals surface area contributed by atoms with Crippen molar-refractivity contribution in [3.63, 3.8) is 0 Å². The molecule has 6 nitrogen and oxygen atoms in total. The number of hydrogen-bond donors (Lipinski definition) is 0. The quantitative estimate of drug-likeness (QED) is 0.407. The van der Waals surface area contributed by atoms with Gasteiger partial charge in [-0.05, 0) is 47.0 Å². The molecule has 1 fully saturated rings. The van der Waals surface area contributed by atoms with Crippen molar-refractivity contribution in [3.05, 3.63) is 93.5 Å². The van der Waals surface area contributed by atoms with Crippen molar-refractivity contribution < 1.29 is 23.8 Å². The van der Waals surface area contributed by atoms with Crippen LogP contribution in [0.3, 0.4) is 0 Å². The molecule has 1 saturated heterocycles. The molecule has 33 heavy (non-hydrogen) atoms. The number of methoxy groups -OCH3 is 1. The molecule has 2 atom stereocenters. The first-order chi connectivity index (χ1) is 16.0. The zero-order valence-corrected chi connectivity index (χ0v) is 19.6. The largest absolute Gasteiger partial charge is 0.469 e. The summed E-state index contributed by atoms with van der Waals surface area (Å²) in [6.45, 7) is 0.352. The second-order valence-electron chi connectivity index (χ2n) is 8.15. The number of carbonyl (C=O) groups is 2. The smallest absolute Gasteiger partial charge is 0.411 e. The van der Waals surface area contributed by atoms with Gasteiger partial charge in [0.15, 0.2) is 0 Å². The van der Waals surface area contributed by atoms with Gasteiger partial charge in [-0.1, -0.05) is 52.3 Å². The van der Waals surface area contributed by atoms with Gasteiger partial charge in [0, 0.05) is 16.5 Å². The number of benzene rings is 3. The van der Waals surface area contributed by atoms with Crippen LogP contribution >= 0.6 is 15.9 Å².